The van der Waals surface area contributed by atoms with E-state index in [2.05, 4.69) is 33.6 Å². The molecule has 1 aliphatic rings. The monoisotopic (exact) mass is 361 g/mol. The Bertz CT molecular complexity index is 546. The molecule has 0 bridgehead atoms. The summed E-state index contributed by atoms with van der Waals surface area (Å²) >= 11 is 8.57. The van der Waals surface area contributed by atoms with Crippen molar-refractivity contribution in [3.05, 3.63) is 32.5 Å². The molecule has 4 heteroatoms. The highest BCUT2D eigenvalue weighted by Gasteiger charge is 2.20. The number of rotatable bonds is 1. The number of aromatic nitrogens is 1. The average Bonchev–Trinajstić information content (AvgIpc) is 2.72. The van der Waals surface area contributed by atoms with Crippen molar-refractivity contribution in [2.24, 2.45) is 0 Å². The lowest BCUT2D eigenvalue weighted by molar-refractivity contribution is 0.0856. The van der Waals surface area contributed by atoms with Gasteiger partial charge in [-0.25, -0.2) is 0 Å². The number of fused-ring (bicyclic) bond motifs is 1. The molecule has 1 saturated heterocycles. The molecular formula is C13H13ClINO. The maximum atomic E-state index is 6.22. The maximum absolute atomic E-state index is 6.22. The van der Waals surface area contributed by atoms with Gasteiger partial charge in [0.1, 0.15) is 0 Å². The highest BCUT2D eigenvalue weighted by molar-refractivity contribution is 14.1. The van der Waals surface area contributed by atoms with Gasteiger partial charge in [0.25, 0.3) is 0 Å². The highest BCUT2D eigenvalue weighted by Crippen LogP contribution is 2.35. The summed E-state index contributed by atoms with van der Waals surface area (Å²) in [6.07, 6.45) is 4.22. The minimum absolute atomic E-state index is 0.569. The van der Waals surface area contributed by atoms with Crippen LogP contribution in [0.4, 0.5) is 0 Å². The number of hydrogen-bond donors (Lipinski definition) is 1. The number of ether oxygens (including phenoxy) is 1. The summed E-state index contributed by atoms with van der Waals surface area (Å²) in [5.74, 6) is 0.569. The van der Waals surface area contributed by atoms with E-state index >= 15 is 0 Å². The van der Waals surface area contributed by atoms with E-state index in [1.807, 2.05) is 12.3 Å². The van der Waals surface area contributed by atoms with E-state index in [9.17, 15) is 0 Å². The van der Waals surface area contributed by atoms with Gasteiger partial charge in [0.05, 0.1) is 5.52 Å². The van der Waals surface area contributed by atoms with Gasteiger partial charge in [0.15, 0.2) is 0 Å². The zero-order valence-electron chi connectivity index (χ0n) is 9.30. The van der Waals surface area contributed by atoms with Crippen molar-refractivity contribution in [2.45, 2.75) is 18.8 Å². The van der Waals surface area contributed by atoms with Gasteiger partial charge in [-0.2, -0.15) is 0 Å². The first-order chi connectivity index (χ1) is 8.25. The van der Waals surface area contributed by atoms with E-state index in [1.165, 1.54) is 20.0 Å². The SMILES string of the molecule is Clc1cc(C2CCOCC2)c2[nH]cc(I)c2c1. The van der Waals surface area contributed by atoms with Crippen LogP contribution < -0.4 is 0 Å². The molecule has 1 N–H and O–H groups in total. The Morgan fingerprint density at radius 1 is 1.29 bits per heavy atom. The quantitative estimate of drug-likeness (QED) is 0.752. The standard InChI is InChI=1S/C13H13ClINO/c14-9-5-10(8-1-3-17-4-2-8)13-11(6-9)12(15)7-16-13/h5-8,16H,1-4H2. The molecule has 1 aliphatic heterocycles. The molecule has 2 heterocycles. The summed E-state index contributed by atoms with van der Waals surface area (Å²) in [5.41, 5.74) is 2.59. The Hall–Kier alpha value is -0.260. The smallest absolute Gasteiger partial charge is 0.0501 e. The minimum Gasteiger partial charge on any atom is -0.381 e. The van der Waals surface area contributed by atoms with Gasteiger partial charge in [-0.05, 0) is 59.0 Å². The normalized spacial score (nSPS) is 17.8. The first-order valence-electron chi connectivity index (χ1n) is 5.79. The van der Waals surface area contributed by atoms with Crippen molar-refractivity contribution in [2.75, 3.05) is 13.2 Å². The van der Waals surface area contributed by atoms with Crippen LogP contribution in [0, 0.1) is 3.57 Å². The van der Waals surface area contributed by atoms with E-state index in [1.54, 1.807) is 0 Å². The largest absolute Gasteiger partial charge is 0.381 e. The summed E-state index contributed by atoms with van der Waals surface area (Å²) in [4.78, 5) is 3.37. The lowest BCUT2D eigenvalue weighted by Crippen LogP contribution is -2.14. The lowest BCUT2D eigenvalue weighted by atomic mass is 9.90. The van der Waals surface area contributed by atoms with Crippen molar-refractivity contribution in [1.82, 2.24) is 4.98 Å². The van der Waals surface area contributed by atoms with Crippen LogP contribution in [-0.4, -0.2) is 18.2 Å². The Morgan fingerprint density at radius 3 is 2.82 bits per heavy atom. The molecule has 1 aromatic heterocycles. The van der Waals surface area contributed by atoms with Crippen molar-refractivity contribution in [1.29, 1.82) is 0 Å². The molecule has 2 aromatic rings. The summed E-state index contributed by atoms with van der Waals surface area (Å²) < 4.78 is 6.65. The second-order valence-corrected chi connectivity index (χ2v) is 6.04. The lowest BCUT2D eigenvalue weighted by Gasteiger charge is -2.23. The molecule has 1 fully saturated rings. The van der Waals surface area contributed by atoms with E-state index in [0.29, 0.717) is 5.92 Å². The molecule has 2 nitrogen and oxygen atoms in total. The number of H-pyrrole nitrogens is 1. The summed E-state index contributed by atoms with van der Waals surface area (Å²) in [6.45, 7) is 1.72. The first-order valence-corrected chi connectivity index (χ1v) is 7.25. The van der Waals surface area contributed by atoms with E-state index < -0.39 is 0 Å². The molecule has 17 heavy (non-hydrogen) atoms. The number of aromatic amines is 1. The van der Waals surface area contributed by atoms with Crippen LogP contribution in [-0.2, 0) is 4.74 Å². The van der Waals surface area contributed by atoms with Crippen LogP contribution in [0.25, 0.3) is 10.9 Å². The van der Waals surface area contributed by atoms with Crippen molar-refractivity contribution in [3.8, 4) is 0 Å². The van der Waals surface area contributed by atoms with Gasteiger partial charge in [-0.3, -0.25) is 0 Å². The van der Waals surface area contributed by atoms with Crippen molar-refractivity contribution >= 4 is 45.1 Å². The molecule has 0 atom stereocenters. The predicted molar refractivity (Wildman–Crippen MR) is 78.8 cm³/mol. The molecule has 1 aromatic carbocycles. The molecule has 0 unspecified atom stereocenters. The van der Waals surface area contributed by atoms with Crippen LogP contribution in [0.2, 0.25) is 5.02 Å². The fourth-order valence-electron chi connectivity index (χ4n) is 2.52. The van der Waals surface area contributed by atoms with Gasteiger partial charge >= 0.3 is 0 Å². The predicted octanol–water partition coefficient (Wildman–Crippen LogP) is 4.32. The van der Waals surface area contributed by atoms with E-state index in [4.69, 9.17) is 16.3 Å². The van der Waals surface area contributed by atoms with Crippen LogP contribution >= 0.6 is 34.2 Å². The fourth-order valence-corrected chi connectivity index (χ4v) is 3.33. The topological polar surface area (TPSA) is 25.0 Å². The summed E-state index contributed by atoms with van der Waals surface area (Å²) in [7, 11) is 0. The van der Waals surface area contributed by atoms with E-state index in [0.717, 1.165) is 31.1 Å². The Kier molecular flexibility index (Phi) is 3.32. The number of hydrogen-bond acceptors (Lipinski definition) is 1. The maximum Gasteiger partial charge on any atom is 0.0501 e. The molecule has 0 saturated carbocycles. The highest BCUT2D eigenvalue weighted by atomic mass is 127. The molecule has 0 spiro atoms. The third-order valence-electron chi connectivity index (χ3n) is 3.40. The number of halogens is 2. The second-order valence-electron chi connectivity index (χ2n) is 4.44. The van der Waals surface area contributed by atoms with Gasteiger partial charge in [0.2, 0.25) is 0 Å². The van der Waals surface area contributed by atoms with Crippen molar-refractivity contribution < 1.29 is 4.74 Å². The average molecular weight is 362 g/mol. The van der Waals surface area contributed by atoms with Gasteiger partial charge < -0.3 is 9.72 Å². The second kappa shape index (κ2) is 4.78. The summed E-state index contributed by atoms with van der Waals surface area (Å²) in [5, 5.41) is 2.07. The molecule has 0 amide bonds. The zero-order valence-corrected chi connectivity index (χ0v) is 12.2. The van der Waals surface area contributed by atoms with Crippen molar-refractivity contribution in [3.63, 3.8) is 0 Å². The Morgan fingerprint density at radius 2 is 2.06 bits per heavy atom. The molecule has 0 aliphatic carbocycles. The van der Waals surface area contributed by atoms with Crippen LogP contribution in [0.1, 0.15) is 24.3 Å². The molecular weight excluding hydrogens is 349 g/mol. The summed E-state index contributed by atoms with van der Waals surface area (Å²) in [6, 6.07) is 4.14. The molecule has 3 rings (SSSR count). The zero-order chi connectivity index (χ0) is 11.8. The Balaban J connectivity index is 2.13. The number of nitrogens with one attached hydrogen (secondary N) is 1. The fraction of sp³-hybridized carbons (Fsp3) is 0.385. The third-order valence-corrected chi connectivity index (χ3v) is 4.51. The number of benzene rings is 1. The Labute approximate surface area is 119 Å². The van der Waals surface area contributed by atoms with Gasteiger partial charge in [0, 0.05) is 33.4 Å². The molecule has 0 radical (unpaired) electrons. The van der Waals surface area contributed by atoms with Crippen LogP contribution in [0.5, 0.6) is 0 Å². The minimum atomic E-state index is 0.569. The third kappa shape index (κ3) is 2.20. The molecule has 90 valence electrons. The first kappa shape index (κ1) is 11.8. The van der Waals surface area contributed by atoms with Crippen LogP contribution in [0.3, 0.4) is 0 Å². The van der Waals surface area contributed by atoms with Gasteiger partial charge in [-0.1, -0.05) is 11.6 Å². The van der Waals surface area contributed by atoms with Crippen LogP contribution in [0.15, 0.2) is 18.3 Å². The van der Waals surface area contributed by atoms with E-state index in [-0.39, 0.29) is 0 Å². The van der Waals surface area contributed by atoms with Gasteiger partial charge in [-0.15, -0.1) is 0 Å².